The molecule has 0 radical (unpaired) electrons. The van der Waals surface area contributed by atoms with Crippen molar-refractivity contribution < 1.29 is 13.7 Å². The molecule has 2 aromatic carbocycles. The van der Waals surface area contributed by atoms with Crippen molar-refractivity contribution in [2.75, 3.05) is 23.3 Å². The van der Waals surface area contributed by atoms with E-state index in [1.54, 1.807) is 12.1 Å². The summed E-state index contributed by atoms with van der Waals surface area (Å²) in [4.78, 5) is 14.5. The lowest BCUT2D eigenvalue weighted by Crippen LogP contribution is -2.18. The number of aromatic nitrogens is 1. The van der Waals surface area contributed by atoms with Crippen molar-refractivity contribution in [3.63, 3.8) is 0 Å². The van der Waals surface area contributed by atoms with Gasteiger partial charge in [0.1, 0.15) is 11.5 Å². The van der Waals surface area contributed by atoms with Crippen molar-refractivity contribution in [1.82, 2.24) is 5.16 Å². The zero-order valence-corrected chi connectivity index (χ0v) is 14.1. The van der Waals surface area contributed by atoms with Gasteiger partial charge in [-0.3, -0.25) is 4.79 Å². The van der Waals surface area contributed by atoms with E-state index < -0.39 is 5.91 Å². The maximum absolute atomic E-state index is 13.9. The summed E-state index contributed by atoms with van der Waals surface area (Å²) < 4.78 is 19.1. The van der Waals surface area contributed by atoms with E-state index in [9.17, 15) is 9.18 Å². The van der Waals surface area contributed by atoms with Crippen molar-refractivity contribution in [1.29, 1.82) is 0 Å². The Balaban J connectivity index is 1.52. The number of amides is 1. The summed E-state index contributed by atoms with van der Waals surface area (Å²) in [5.41, 5.74) is 2.61. The molecule has 0 atom stereocenters. The maximum Gasteiger partial charge on any atom is 0.294 e. The Morgan fingerprint density at radius 1 is 1.08 bits per heavy atom. The Bertz CT molecular complexity index is 918. The third kappa shape index (κ3) is 3.44. The predicted octanol–water partition coefficient (Wildman–Crippen LogP) is 4.33. The molecule has 2 heterocycles. The first-order valence-electron chi connectivity index (χ1n) is 8.58. The van der Waals surface area contributed by atoms with E-state index in [0.717, 1.165) is 37.2 Å². The minimum Gasteiger partial charge on any atom is -0.371 e. The van der Waals surface area contributed by atoms with E-state index in [1.807, 2.05) is 30.3 Å². The Labute approximate surface area is 150 Å². The molecule has 1 saturated heterocycles. The van der Waals surface area contributed by atoms with Gasteiger partial charge in [-0.05, 0) is 31.0 Å². The molecule has 0 spiro atoms. The van der Waals surface area contributed by atoms with Crippen molar-refractivity contribution >= 4 is 17.3 Å². The van der Waals surface area contributed by atoms with Gasteiger partial charge in [0, 0.05) is 36.1 Å². The number of benzene rings is 2. The van der Waals surface area contributed by atoms with Crippen LogP contribution in [0.25, 0.3) is 11.3 Å². The van der Waals surface area contributed by atoms with Gasteiger partial charge >= 0.3 is 0 Å². The molecule has 6 heteroatoms. The van der Waals surface area contributed by atoms with Crippen LogP contribution in [0.15, 0.2) is 59.1 Å². The molecule has 0 bridgehead atoms. The van der Waals surface area contributed by atoms with E-state index in [1.165, 1.54) is 12.1 Å². The maximum atomic E-state index is 13.9. The van der Waals surface area contributed by atoms with Gasteiger partial charge in [-0.2, -0.15) is 0 Å². The SMILES string of the molecule is O=C(Nc1cc(F)cc(N2CCCC2)c1)c1cc(-c2ccccc2)no1. The third-order valence-electron chi connectivity index (χ3n) is 4.42. The molecule has 0 saturated carbocycles. The summed E-state index contributed by atoms with van der Waals surface area (Å²) in [6.07, 6.45) is 2.19. The molecule has 5 nitrogen and oxygen atoms in total. The fraction of sp³-hybridized carbons (Fsp3) is 0.200. The summed E-state index contributed by atoms with van der Waals surface area (Å²) in [5.74, 6) is -0.763. The quantitative estimate of drug-likeness (QED) is 0.760. The summed E-state index contributed by atoms with van der Waals surface area (Å²) in [5, 5.41) is 6.62. The van der Waals surface area contributed by atoms with Gasteiger partial charge in [0.25, 0.3) is 5.91 Å². The molecule has 1 aliphatic rings. The molecular weight excluding hydrogens is 333 g/mol. The van der Waals surface area contributed by atoms with Gasteiger partial charge < -0.3 is 14.7 Å². The smallest absolute Gasteiger partial charge is 0.294 e. The highest BCUT2D eigenvalue weighted by Crippen LogP contribution is 2.26. The molecule has 26 heavy (non-hydrogen) atoms. The van der Waals surface area contributed by atoms with Crippen LogP contribution in [-0.4, -0.2) is 24.2 Å². The topological polar surface area (TPSA) is 58.4 Å². The molecule has 1 aliphatic heterocycles. The van der Waals surface area contributed by atoms with Crippen LogP contribution in [-0.2, 0) is 0 Å². The first-order chi connectivity index (χ1) is 12.7. The normalized spacial score (nSPS) is 13.8. The lowest BCUT2D eigenvalue weighted by Gasteiger charge is -2.18. The molecule has 0 unspecified atom stereocenters. The Hall–Kier alpha value is -3.15. The van der Waals surface area contributed by atoms with Crippen LogP contribution in [0.4, 0.5) is 15.8 Å². The Morgan fingerprint density at radius 3 is 2.62 bits per heavy atom. The van der Waals surface area contributed by atoms with Crippen molar-refractivity contribution in [2.24, 2.45) is 0 Å². The Morgan fingerprint density at radius 2 is 1.85 bits per heavy atom. The van der Waals surface area contributed by atoms with E-state index in [-0.39, 0.29) is 11.6 Å². The number of rotatable bonds is 4. The number of carbonyl (C=O) groups is 1. The number of carbonyl (C=O) groups excluding carboxylic acids is 1. The molecule has 0 aliphatic carbocycles. The number of hydrogen-bond donors (Lipinski definition) is 1. The van der Waals surface area contributed by atoms with Gasteiger partial charge in [0.2, 0.25) is 5.76 Å². The molecule has 1 fully saturated rings. The minimum absolute atomic E-state index is 0.0795. The lowest BCUT2D eigenvalue weighted by molar-refractivity contribution is 0.0988. The van der Waals surface area contributed by atoms with E-state index in [0.29, 0.717) is 11.4 Å². The highest BCUT2D eigenvalue weighted by Gasteiger charge is 2.17. The van der Waals surface area contributed by atoms with E-state index in [4.69, 9.17) is 4.52 Å². The van der Waals surface area contributed by atoms with Crippen molar-refractivity contribution in [3.8, 4) is 11.3 Å². The average molecular weight is 351 g/mol. The van der Waals surface area contributed by atoms with Crippen LogP contribution in [0.2, 0.25) is 0 Å². The standard InChI is InChI=1S/C20H18FN3O2/c21-15-10-16(12-17(11-15)24-8-4-5-9-24)22-20(25)19-13-18(23-26-19)14-6-2-1-3-7-14/h1-3,6-7,10-13H,4-5,8-9H2,(H,22,25). The summed E-state index contributed by atoms with van der Waals surface area (Å²) in [6.45, 7) is 1.80. The average Bonchev–Trinajstić information content (AvgIpc) is 3.34. The number of halogens is 1. The molecule has 3 aromatic rings. The van der Waals surface area contributed by atoms with Gasteiger partial charge in [0.15, 0.2) is 0 Å². The van der Waals surface area contributed by atoms with Gasteiger partial charge in [0.05, 0.1) is 0 Å². The summed E-state index contributed by atoms with van der Waals surface area (Å²) in [7, 11) is 0. The largest absolute Gasteiger partial charge is 0.371 e. The molecule has 1 N–H and O–H groups in total. The summed E-state index contributed by atoms with van der Waals surface area (Å²) in [6, 6.07) is 15.6. The van der Waals surface area contributed by atoms with E-state index >= 15 is 0 Å². The van der Waals surface area contributed by atoms with Crippen molar-refractivity contribution in [3.05, 3.63) is 66.2 Å². The van der Waals surface area contributed by atoms with Crippen molar-refractivity contribution in [2.45, 2.75) is 12.8 Å². The molecule has 4 rings (SSSR count). The zero-order valence-electron chi connectivity index (χ0n) is 14.1. The second-order valence-electron chi connectivity index (χ2n) is 6.29. The number of nitrogens with one attached hydrogen (secondary N) is 1. The van der Waals surface area contributed by atoms with Gasteiger partial charge in [-0.1, -0.05) is 35.5 Å². The molecule has 1 aromatic heterocycles. The molecular formula is C20H18FN3O2. The zero-order chi connectivity index (χ0) is 17.9. The second kappa shape index (κ2) is 7.00. The minimum atomic E-state index is -0.461. The fourth-order valence-electron chi connectivity index (χ4n) is 3.12. The molecule has 1 amide bonds. The first-order valence-corrected chi connectivity index (χ1v) is 8.58. The highest BCUT2D eigenvalue weighted by atomic mass is 19.1. The van der Waals surface area contributed by atoms with Crippen LogP contribution in [0.3, 0.4) is 0 Å². The first kappa shape index (κ1) is 16.3. The predicted molar refractivity (Wildman–Crippen MR) is 97.7 cm³/mol. The van der Waals surface area contributed by atoms with Gasteiger partial charge in [-0.15, -0.1) is 0 Å². The van der Waals surface area contributed by atoms with E-state index in [2.05, 4.69) is 15.4 Å². The van der Waals surface area contributed by atoms with Crippen LogP contribution in [0.5, 0.6) is 0 Å². The van der Waals surface area contributed by atoms with Crippen LogP contribution >= 0.6 is 0 Å². The van der Waals surface area contributed by atoms with Crippen LogP contribution < -0.4 is 10.2 Å². The van der Waals surface area contributed by atoms with Crippen LogP contribution in [0, 0.1) is 5.82 Å². The summed E-state index contributed by atoms with van der Waals surface area (Å²) >= 11 is 0. The number of anilines is 2. The third-order valence-corrected chi connectivity index (χ3v) is 4.42. The molecule has 132 valence electrons. The highest BCUT2D eigenvalue weighted by molar-refractivity contribution is 6.03. The number of hydrogen-bond acceptors (Lipinski definition) is 4. The monoisotopic (exact) mass is 351 g/mol. The Kier molecular flexibility index (Phi) is 4.39. The second-order valence-corrected chi connectivity index (χ2v) is 6.29. The van der Waals surface area contributed by atoms with Crippen LogP contribution in [0.1, 0.15) is 23.4 Å². The fourth-order valence-corrected chi connectivity index (χ4v) is 3.12. The van der Waals surface area contributed by atoms with Gasteiger partial charge in [-0.25, -0.2) is 4.39 Å². The lowest BCUT2D eigenvalue weighted by atomic mass is 10.1. The number of nitrogens with zero attached hydrogens (tertiary/aromatic N) is 2.